The van der Waals surface area contributed by atoms with Crippen molar-refractivity contribution in [3.8, 4) is 0 Å². The number of rotatable bonds is 4. The monoisotopic (exact) mass is 428 g/mol. The molecule has 0 spiro atoms. The zero-order chi connectivity index (χ0) is 20.0. The molecular weight excluding hydrogens is 412 g/mol. The summed E-state index contributed by atoms with van der Waals surface area (Å²) in [5.74, 6) is -0.872. The fraction of sp³-hybridized carbons (Fsp3) is 0.235. The molecule has 1 saturated heterocycles. The van der Waals surface area contributed by atoms with E-state index in [4.69, 9.17) is 11.6 Å². The second-order valence-corrected chi connectivity index (χ2v) is 10.3. The van der Waals surface area contributed by atoms with Gasteiger partial charge in [-0.1, -0.05) is 23.7 Å². The molecule has 0 aromatic heterocycles. The van der Waals surface area contributed by atoms with E-state index in [-0.39, 0.29) is 22.8 Å². The Kier molecular flexibility index (Phi) is 4.96. The minimum absolute atomic E-state index is 0.00583. The van der Waals surface area contributed by atoms with E-state index in [2.05, 4.69) is 4.72 Å². The highest BCUT2D eigenvalue weighted by atomic mass is 35.5. The van der Waals surface area contributed by atoms with Crippen LogP contribution in [0, 0.1) is 13.8 Å². The van der Waals surface area contributed by atoms with Crippen LogP contribution in [-0.2, 0) is 24.8 Å². The summed E-state index contributed by atoms with van der Waals surface area (Å²) in [5.41, 5.74) is 1.41. The van der Waals surface area contributed by atoms with Crippen LogP contribution in [0.5, 0.6) is 0 Å². The summed E-state index contributed by atoms with van der Waals surface area (Å²) >= 11 is 5.94. The van der Waals surface area contributed by atoms with Crippen LogP contribution in [0.1, 0.15) is 17.5 Å². The number of aryl methyl sites for hydroxylation is 2. The summed E-state index contributed by atoms with van der Waals surface area (Å²) in [4.78, 5) is 11.9. The lowest BCUT2D eigenvalue weighted by Gasteiger charge is -2.18. The topological polar surface area (TPSA) is 101 Å². The van der Waals surface area contributed by atoms with E-state index >= 15 is 0 Å². The molecular formula is C17H17ClN2O5S2. The largest absolute Gasteiger partial charge is 0.279 e. The van der Waals surface area contributed by atoms with Crippen LogP contribution in [0.15, 0.2) is 41.3 Å². The number of hydrogen-bond acceptors (Lipinski definition) is 5. The zero-order valence-electron chi connectivity index (χ0n) is 14.6. The molecule has 0 aliphatic carbocycles. The first kappa shape index (κ1) is 19.7. The highest BCUT2D eigenvalue weighted by Crippen LogP contribution is 2.30. The van der Waals surface area contributed by atoms with Gasteiger partial charge < -0.3 is 0 Å². The number of hydrogen-bond donors (Lipinski definition) is 1. The average Bonchev–Trinajstić information content (AvgIpc) is 2.84. The highest BCUT2D eigenvalue weighted by molar-refractivity contribution is 7.94. The van der Waals surface area contributed by atoms with E-state index in [0.29, 0.717) is 26.1 Å². The predicted octanol–water partition coefficient (Wildman–Crippen LogP) is 2.82. The van der Waals surface area contributed by atoms with Crippen LogP contribution in [0.3, 0.4) is 0 Å². The van der Waals surface area contributed by atoms with Crippen molar-refractivity contribution in [3.05, 3.63) is 52.5 Å². The number of amides is 1. The molecule has 0 bridgehead atoms. The Bertz CT molecular complexity index is 1140. The molecule has 1 fully saturated rings. The number of carbonyl (C=O) groups is 1. The van der Waals surface area contributed by atoms with Gasteiger partial charge in [0.25, 0.3) is 10.0 Å². The fourth-order valence-corrected chi connectivity index (χ4v) is 5.79. The van der Waals surface area contributed by atoms with Gasteiger partial charge in [-0.15, -0.1) is 0 Å². The van der Waals surface area contributed by atoms with Crippen molar-refractivity contribution in [2.75, 3.05) is 14.8 Å². The van der Waals surface area contributed by atoms with Crippen molar-refractivity contribution in [2.24, 2.45) is 0 Å². The summed E-state index contributed by atoms with van der Waals surface area (Å²) in [6, 6.07) is 8.89. The first-order valence-corrected chi connectivity index (χ1v) is 11.4. The van der Waals surface area contributed by atoms with Gasteiger partial charge in [-0.05, 0) is 49.2 Å². The van der Waals surface area contributed by atoms with E-state index in [9.17, 15) is 21.6 Å². The molecule has 0 radical (unpaired) electrons. The zero-order valence-corrected chi connectivity index (χ0v) is 17.0. The smallest absolute Gasteiger partial charge is 0.262 e. The number of halogens is 1. The Morgan fingerprint density at radius 3 is 2.37 bits per heavy atom. The van der Waals surface area contributed by atoms with Crippen molar-refractivity contribution in [2.45, 2.75) is 25.2 Å². The number of anilines is 2. The molecule has 1 N–H and O–H groups in total. The standard InChI is InChI=1S/C17H17ClN2O5S2/c1-11-3-5-13(18)9-15(11)19-27(24,25)16-10-14(6-4-12(16)2)20-17(21)7-8-26(20,22)23/h3-6,9-10,19H,7-8H2,1-2H3. The van der Waals surface area contributed by atoms with E-state index in [0.717, 1.165) is 0 Å². The van der Waals surface area contributed by atoms with Crippen LogP contribution in [0.2, 0.25) is 5.02 Å². The van der Waals surface area contributed by atoms with Crippen LogP contribution >= 0.6 is 11.6 Å². The number of nitrogens with one attached hydrogen (secondary N) is 1. The van der Waals surface area contributed by atoms with Gasteiger partial charge in [-0.2, -0.15) is 0 Å². The van der Waals surface area contributed by atoms with Crippen molar-refractivity contribution in [3.63, 3.8) is 0 Å². The molecule has 10 heteroatoms. The number of sulfonamides is 2. The summed E-state index contributed by atoms with van der Waals surface area (Å²) in [7, 11) is -7.82. The SMILES string of the molecule is Cc1ccc(Cl)cc1NS(=O)(=O)c1cc(N2C(=O)CCS2(=O)=O)ccc1C. The lowest BCUT2D eigenvalue weighted by Crippen LogP contribution is -2.29. The minimum atomic E-state index is -4.03. The Hall–Kier alpha value is -2.10. The van der Waals surface area contributed by atoms with Gasteiger partial charge >= 0.3 is 0 Å². The Morgan fingerprint density at radius 1 is 1.07 bits per heavy atom. The average molecular weight is 429 g/mol. The maximum Gasteiger partial charge on any atom is 0.262 e. The van der Waals surface area contributed by atoms with Gasteiger partial charge in [0.1, 0.15) is 0 Å². The van der Waals surface area contributed by atoms with Gasteiger partial charge in [0, 0.05) is 11.4 Å². The van der Waals surface area contributed by atoms with Gasteiger partial charge in [0.15, 0.2) is 0 Å². The molecule has 2 aromatic rings. The first-order chi connectivity index (χ1) is 12.5. The molecule has 7 nitrogen and oxygen atoms in total. The van der Waals surface area contributed by atoms with Gasteiger partial charge in [0.05, 0.1) is 22.0 Å². The lowest BCUT2D eigenvalue weighted by atomic mass is 10.2. The third-order valence-electron chi connectivity index (χ3n) is 4.22. The lowest BCUT2D eigenvalue weighted by molar-refractivity contribution is -0.116. The van der Waals surface area contributed by atoms with Crippen LogP contribution in [0.25, 0.3) is 0 Å². The van der Waals surface area contributed by atoms with Gasteiger partial charge in [0.2, 0.25) is 15.9 Å². The van der Waals surface area contributed by atoms with E-state index in [1.165, 1.54) is 24.3 Å². The molecule has 0 unspecified atom stereocenters. The second kappa shape index (κ2) is 6.81. The molecule has 27 heavy (non-hydrogen) atoms. The first-order valence-electron chi connectivity index (χ1n) is 7.97. The fourth-order valence-electron chi connectivity index (χ4n) is 2.78. The van der Waals surface area contributed by atoms with Crippen molar-refractivity contribution >= 4 is 48.9 Å². The normalized spacial score (nSPS) is 16.6. The molecule has 1 heterocycles. The molecule has 1 amide bonds. The molecule has 2 aromatic carbocycles. The Balaban J connectivity index is 2.06. The molecule has 1 aliphatic heterocycles. The maximum atomic E-state index is 12.9. The summed E-state index contributed by atoms with van der Waals surface area (Å²) < 4.78 is 53.1. The quantitative estimate of drug-likeness (QED) is 0.806. The van der Waals surface area contributed by atoms with E-state index < -0.39 is 26.0 Å². The minimum Gasteiger partial charge on any atom is -0.279 e. The van der Waals surface area contributed by atoms with Crippen LogP contribution in [0.4, 0.5) is 11.4 Å². The summed E-state index contributed by atoms with van der Waals surface area (Å²) in [6.45, 7) is 3.32. The summed E-state index contributed by atoms with van der Waals surface area (Å²) in [6.07, 6.45) is -0.127. The van der Waals surface area contributed by atoms with Crippen molar-refractivity contribution in [1.29, 1.82) is 0 Å². The van der Waals surface area contributed by atoms with E-state index in [1.54, 1.807) is 26.0 Å². The molecule has 0 saturated carbocycles. The molecule has 144 valence electrons. The molecule has 1 aliphatic rings. The summed E-state index contributed by atoms with van der Waals surface area (Å²) in [5, 5.41) is 0.373. The van der Waals surface area contributed by atoms with Crippen molar-refractivity contribution < 1.29 is 21.6 Å². The van der Waals surface area contributed by atoms with Crippen LogP contribution < -0.4 is 9.03 Å². The number of benzene rings is 2. The van der Waals surface area contributed by atoms with Crippen LogP contribution in [-0.4, -0.2) is 28.5 Å². The number of nitrogens with zero attached hydrogens (tertiary/aromatic N) is 1. The number of carbonyl (C=O) groups excluding carboxylic acids is 1. The second-order valence-electron chi connectivity index (χ2n) is 6.24. The van der Waals surface area contributed by atoms with Gasteiger partial charge in [-0.3, -0.25) is 9.52 Å². The van der Waals surface area contributed by atoms with Gasteiger partial charge in [-0.25, -0.2) is 21.1 Å². The van der Waals surface area contributed by atoms with Crippen molar-refractivity contribution in [1.82, 2.24) is 0 Å². The molecule has 3 rings (SSSR count). The third kappa shape index (κ3) is 3.80. The third-order valence-corrected chi connectivity index (χ3v) is 7.65. The Morgan fingerprint density at radius 2 is 1.74 bits per heavy atom. The Labute approximate surface area is 163 Å². The predicted molar refractivity (Wildman–Crippen MR) is 104 cm³/mol. The molecule has 0 atom stereocenters. The van der Waals surface area contributed by atoms with E-state index in [1.807, 2.05) is 0 Å². The highest BCUT2D eigenvalue weighted by Gasteiger charge is 2.37. The maximum absolute atomic E-state index is 12.9.